The van der Waals surface area contributed by atoms with Crippen molar-refractivity contribution in [1.82, 2.24) is 0 Å². The van der Waals surface area contributed by atoms with E-state index in [2.05, 4.69) is 24.4 Å². The van der Waals surface area contributed by atoms with Gasteiger partial charge in [0.1, 0.15) is 12.6 Å². The van der Waals surface area contributed by atoms with Crippen LogP contribution in [0.5, 0.6) is 0 Å². The van der Waals surface area contributed by atoms with Crippen molar-refractivity contribution < 1.29 is 47.5 Å². The van der Waals surface area contributed by atoms with Crippen LogP contribution in [0.15, 0.2) is 60.8 Å². The molecule has 0 radical (unpaired) electrons. The first-order valence-corrected chi connectivity index (χ1v) is 16.9. The van der Waals surface area contributed by atoms with E-state index in [1.807, 2.05) is 54.7 Å². The zero-order valence-corrected chi connectivity index (χ0v) is 27.1. The lowest BCUT2D eigenvalue weighted by Gasteiger charge is -2.20. The van der Waals surface area contributed by atoms with Crippen molar-refractivity contribution >= 4 is 25.7 Å². The molecule has 0 fully saturated rings. The van der Waals surface area contributed by atoms with Crippen molar-refractivity contribution in [2.45, 2.75) is 103 Å². The molecule has 0 heterocycles. The molecular weight excluding hydrogens is 589 g/mol. The number of esters is 2. The third-order valence-corrected chi connectivity index (χ3v) is 6.86. The van der Waals surface area contributed by atoms with Gasteiger partial charge in [0.15, 0.2) is 6.10 Å². The van der Waals surface area contributed by atoms with E-state index in [-0.39, 0.29) is 19.4 Å². The number of carbonyl (C=O) groups is 3. The first-order valence-electron chi connectivity index (χ1n) is 15.4. The fraction of sp³-hybridized carbons (Fsp3) is 0.594. The van der Waals surface area contributed by atoms with E-state index in [9.17, 15) is 23.8 Å². The number of carboxylic acids is 1. The zero-order valence-electron chi connectivity index (χ0n) is 26.2. The van der Waals surface area contributed by atoms with Gasteiger partial charge in [-0.3, -0.25) is 23.4 Å². The minimum Gasteiger partial charge on any atom is -0.480 e. The highest BCUT2D eigenvalue weighted by Gasteiger charge is 2.28. The molecule has 0 aromatic carbocycles. The third kappa shape index (κ3) is 26.8. The van der Waals surface area contributed by atoms with Gasteiger partial charge in [-0.15, -0.1) is 0 Å². The van der Waals surface area contributed by atoms with Gasteiger partial charge in [-0.2, -0.15) is 0 Å². The van der Waals surface area contributed by atoms with Crippen LogP contribution in [0.1, 0.15) is 90.9 Å². The molecular formula is C32H52NO10P. The SMILES string of the molecule is CC/C=C/C=C/C=C/C=C/C=C/CCCC(=O)OC(COC(=O)CCCCCCCCC)COP(=O)(O)OC[C@H](N)C(=O)O. The van der Waals surface area contributed by atoms with Crippen molar-refractivity contribution in [3.8, 4) is 0 Å². The molecule has 2 unspecified atom stereocenters. The Bertz CT molecular complexity index is 990. The van der Waals surface area contributed by atoms with Crippen molar-refractivity contribution in [3.63, 3.8) is 0 Å². The van der Waals surface area contributed by atoms with Crippen molar-refractivity contribution in [2.75, 3.05) is 19.8 Å². The second kappa shape index (κ2) is 27.7. The molecule has 0 spiro atoms. The summed E-state index contributed by atoms with van der Waals surface area (Å²) in [4.78, 5) is 45.3. The Kier molecular flexibility index (Phi) is 25.9. The molecule has 0 saturated carbocycles. The van der Waals surface area contributed by atoms with Crippen LogP contribution in [0.25, 0.3) is 0 Å². The van der Waals surface area contributed by atoms with Gasteiger partial charge in [-0.25, -0.2) is 4.57 Å². The maximum atomic E-state index is 12.4. The third-order valence-electron chi connectivity index (χ3n) is 5.91. The van der Waals surface area contributed by atoms with E-state index in [0.29, 0.717) is 19.3 Å². The lowest BCUT2D eigenvalue weighted by atomic mass is 10.1. The van der Waals surface area contributed by atoms with Crippen LogP contribution in [0.4, 0.5) is 0 Å². The molecule has 11 nitrogen and oxygen atoms in total. The Balaban J connectivity index is 4.72. The Morgan fingerprint density at radius 1 is 0.727 bits per heavy atom. The van der Waals surface area contributed by atoms with E-state index in [0.717, 1.165) is 25.7 Å². The summed E-state index contributed by atoms with van der Waals surface area (Å²) in [5.41, 5.74) is 5.27. The van der Waals surface area contributed by atoms with Gasteiger partial charge in [0.25, 0.3) is 0 Å². The predicted molar refractivity (Wildman–Crippen MR) is 171 cm³/mol. The molecule has 0 bridgehead atoms. The van der Waals surface area contributed by atoms with Crippen molar-refractivity contribution in [1.29, 1.82) is 0 Å². The molecule has 3 atom stereocenters. The number of hydrogen-bond acceptors (Lipinski definition) is 9. The Labute approximate surface area is 262 Å². The Morgan fingerprint density at radius 3 is 1.89 bits per heavy atom. The van der Waals surface area contributed by atoms with Crippen LogP contribution in [0.3, 0.4) is 0 Å². The Hall–Kier alpha value is -2.82. The molecule has 0 amide bonds. The monoisotopic (exact) mass is 641 g/mol. The number of phosphoric ester groups is 1. The molecule has 0 saturated heterocycles. The van der Waals surface area contributed by atoms with E-state index in [1.54, 1.807) is 0 Å². The largest absolute Gasteiger partial charge is 0.480 e. The molecule has 44 heavy (non-hydrogen) atoms. The average Bonchev–Trinajstić information content (AvgIpc) is 2.99. The second-order valence-corrected chi connectivity index (χ2v) is 11.4. The lowest BCUT2D eigenvalue weighted by molar-refractivity contribution is -0.161. The number of aliphatic carboxylic acids is 1. The Morgan fingerprint density at radius 2 is 1.27 bits per heavy atom. The molecule has 0 aromatic heterocycles. The molecule has 250 valence electrons. The number of hydrogen-bond donors (Lipinski definition) is 3. The molecule has 0 rings (SSSR count). The number of rotatable bonds is 27. The first-order chi connectivity index (χ1) is 21.1. The summed E-state index contributed by atoms with van der Waals surface area (Å²) < 4.78 is 32.2. The minimum absolute atomic E-state index is 0.0628. The van der Waals surface area contributed by atoms with Gasteiger partial charge in [0, 0.05) is 12.8 Å². The van der Waals surface area contributed by atoms with Gasteiger partial charge in [0.2, 0.25) is 0 Å². The number of ether oxygens (including phenoxy) is 2. The fourth-order valence-electron chi connectivity index (χ4n) is 3.44. The number of phosphoric acid groups is 1. The van der Waals surface area contributed by atoms with Gasteiger partial charge < -0.3 is 25.2 Å². The predicted octanol–water partition coefficient (Wildman–Crippen LogP) is 6.49. The normalized spacial score (nSPS) is 15.0. The molecule has 0 aliphatic carbocycles. The van der Waals surface area contributed by atoms with Gasteiger partial charge in [-0.05, 0) is 25.7 Å². The highest BCUT2D eigenvalue weighted by Crippen LogP contribution is 2.43. The van der Waals surface area contributed by atoms with Gasteiger partial charge in [0.05, 0.1) is 13.2 Å². The van der Waals surface area contributed by atoms with Crippen LogP contribution >= 0.6 is 7.82 Å². The number of carbonyl (C=O) groups excluding carboxylic acids is 2. The van der Waals surface area contributed by atoms with Crippen LogP contribution < -0.4 is 5.73 Å². The first kappa shape index (κ1) is 41.2. The van der Waals surface area contributed by atoms with Crippen LogP contribution in [0.2, 0.25) is 0 Å². The average molecular weight is 642 g/mol. The maximum absolute atomic E-state index is 12.4. The standard InChI is InChI=1S/C32H52NO10P/c1-3-5-7-9-11-12-13-14-15-16-18-20-22-24-31(35)43-28(26-41-44(38,39)42-27-29(33)32(36)37)25-40-30(34)23-21-19-17-10-8-6-4-2/h5,7,9,11-16,18,28-29H,3-4,6,8,10,17,19-27,33H2,1-2H3,(H,36,37)(H,38,39)/b7-5+,11-9+,13-12+,15-14+,18-16+/t28?,29-/m0/s1. The highest BCUT2D eigenvalue weighted by molar-refractivity contribution is 7.47. The van der Waals surface area contributed by atoms with Crippen LogP contribution in [0, 0.1) is 0 Å². The van der Waals surface area contributed by atoms with Gasteiger partial charge in [-0.1, -0.05) is 113 Å². The maximum Gasteiger partial charge on any atom is 0.472 e. The summed E-state index contributed by atoms with van der Waals surface area (Å²) >= 11 is 0. The summed E-state index contributed by atoms with van der Waals surface area (Å²) in [5, 5.41) is 8.80. The minimum atomic E-state index is -4.72. The molecule has 0 aromatic rings. The smallest absolute Gasteiger partial charge is 0.472 e. The fourth-order valence-corrected chi connectivity index (χ4v) is 4.22. The van der Waals surface area contributed by atoms with E-state index < -0.39 is 51.1 Å². The summed E-state index contributed by atoms with van der Waals surface area (Å²) in [6.07, 6.45) is 27.8. The topological polar surface area (TPSA) is 172 Å². The quantitative estimate of drug-likeness (QED) is 0.0387. The number of allylic oxidation sites excluding steroid dienone is 10. The molecule has 0 aliphatic rings. The van der Waals surface area contributed by atoms with E-state index in [4.69, 9.17) is 24.8 Å². The molecule has 0 aliphatic heterocycles. The van der Waals surface area contributed by atoms with Gasteiger partial charge >= 0.3 is 25.7 Å². The summed E-state index contributed by atoms with van der Waals surface area (Å²) in [6, 6.07) is -1.53. The van der Waals surface area contributed by atoms with E-state index >= 15 is 0 Å². The number of nitrogens with two attached hydrogens (primary N) is 1. The lowest BCUT2D eigenvalue weighted by Crippen LogP contribution is -2.34. The summed E-state index contributed by atoms with van der Waals surface area (Å²) in [6.45, 7) is 2.46. The summed E-state index contributed by atoms with van der Waals surface area (Å²) in [5.74, 6) is -2.50. The number of unbranched alkanes of at least 4 members (excludes halogenated alkanes) is 7. The molecule has 12 heteroatoms. The van der Waals surface area contributed by atoms with Crippen molar-refractivity contribution in [3.05, 3.63) is 60.8 Å². The van der Waals surface area contributed by atoms with Crippen molar-refractivity contribution in [2.24, 2.45) is 5.73 Å². The van der Waals surface area contributed by atoms with Crippen LogP contribution in [-0.4, -0.2) is 59.9 Å². The summed E-state index contributed by atoms with van der Waals surface area (Å²) in [7, 11) is -4.72. The van der Waals surface area contributed by atoms with E-state index in [1.165, 1.54) is 19.3 Å². The highest BCUT2D eigenvalue weighted by atomic mass is 31.2. The van der Waals surface area contributed by atoms with Crippen LogP contribution in [-0.2, 0) is 37.5 Å². The number of carboxylic acid groups (broad SMARTS) is 1. The zero-order chi connectivity index (χ0) is 32.9. The molecule has 4 N–H and O–H groups in total. The second-order valence-electron chi connectivity index (χ2n) is 9.98.